The maximum atomic E-state index is 13.1. The number of hydrogen-bond donors (Lipinski definition) is 1. The smallest absolute Gasteiger partial charge is 0.269 e. The van der Waals surface area contributed by atoms with Crippen LogP contribution < -0.4 is 10.1 Å². The van der Waals surface area contributed by atoms with Crippen molar-refractivity contribution >= 4 is 17.4 Å². The standard InChI is InChI=1S/C22H20N2O5/c1-29-17-8-4-13(5-9-17)15-10-19-22(20(25)11-15)18(12-21(26)23-19)14-2-6-16(7-3-14)24(27)28/h2-9,15,18H,10-12H2,1H3,(H,23,26)/t15-,18-/m1/s1. The van der Waals surface area contributed by atoms with Gasteiger partial charge in [-0.05, 0) is 35.6 Å². The molecule has 29 heavy (non-hydrogen) atoms. The van der Waals surface area contributed by atoms with E-state index in [1.807, 2.05) is 24.3 Å². The first-order valence-corrected chi connectivity index (χ1v) is 9.40. The minimum absolute atomic E-state index is 0.00965. The highest BCUT2D eigenvalue weighted by molar-refractivity contribution is 6.02. The third kappa shape index (κ3) is 3.63. The molecule has 1 heterocycles. The van der Waals surface area contributed by atoms with Crippen molar-refractivity contribution < 1.29 is 19.2 Å². The Kier molecular flexibility index (Phi) is 4.88. The molecular weight excluding hydrogens is 372 g/mol. The van der Waals surface area contributed by atoms with Crippen molar-refractivity contribution in [1.82, 2.24) is 5.32 Å². The molecule has 0 fully saturated rings. The fraction of sp³-hybridized carbons (Fsp3) is 0.273. The Labute approximate surface area is 167 Å². The molecule has 0 aromatic heterocycles. The number of ketones is 1. The maximum absolute atomic E-state index is 13.1. The summed E-state index contributed by atoms with van der Waals surface area (Å²) in [7, 11) is 1.60. The number of rotatable bonds is 4. The highest BCUT2D eigenvalue weighted by Crippen LogP contribution is 2.42. The lowest BCUT2D eigenvalue weighted by molar-refractivity contribution is -0.384. The Morgan fingerprint density at radius 2 is 1.62 bits per heavy atom. The average Bonchev–Trinajstić information content (AvgIpc) is 2.73. The molecular formula is C22H20N2O5. The summed E-state index contributed by atoms with van der Waals surface area (Å²) in [4.78, 5) is 35.8. The van der Waals surface area contributed by atoms with Crippen LogP contribution >= 0.6 is 0 Å². The number of nitro groups is 1. The quantitative estimate of drug-likeness (QED) is 0.633. The van der Waals surface area contributed by atoms with Gasteiger partial charge < -0.3 is 10.1 Å². The number of nitrogens with one attached hydrogen (secondary N) is 1. The zero-order valence-electron chi connectivity index (χ0n) is 15.9. The van der Waals surface area contributed by atoms with Crippen LogP contribution in [0.5, 0.6) is 5.75 Å². The lowest BCUT2D eigenvalue weighted by Crippen LogP contribution is -2.38. The second-order valence-electron chi connectivity index (χ2n) is 7.35. The van der Waals surface area contributed by atoms with E-state index in [-0.39, 0.29) is 35.6 Å². The molecule has 1 aliphatic heterocycles. The lowest BCUT2D eigenvalue weighted by atomic mass is 9.73. The first kappa shape index (κ1) is 18.9. The molecule has 0 radical (unpaired) electrons. The molecule has 0 saturated carbocycles. The van der Waals surface area contributed by atoms with Crippen molar-refractivity contribution in [2.45, 2.75) is 31.1 Å². The number of carbonyl (C=O) groups is 2. The molecule has 1 aliphatic carbocycles. The van der Waals surface area contributed by atoms with E-state index in [4.69, 9.17) is 4.74 Å². The predicted octanol–water partition coefficient (Wildman–Crippen LogP) is 3.61. The van der Waals surface area contributed by atoms with Crippen LogP contribution in [0, 0.1) is 10.1 Å². The van der Waals surface area contributed by atoms with Crippen molar-refractivity contribution in [2.75, 3.05) is 7.11 Å². The Morgan fingerprint density at radius 3 is 2.24 bits per heavy atom. The van der Waals surface area contributed by atoms with Crippen molar-refractivity contribution in [1.29, 1.82) is 0 Å². The summed E-state index contributed by atoms with van der Waals surface area (Å²) in [6.07, 6.45) is 1.10. The Hall–Kier alpha value is -3.48. The molecule has 2 aliphatic rings. The maximum Gasteiger partial charge on any atom is 0.269 e. The Morgan fingerprint density at radius 1 is 0.966 bits per heavy atom. The van der Waals surface area contributed by atoms with Gasteiger partial charge in [0.1, 0.15) is 5.75 Å². The second kappa shape index (κ2) is 7.50. The zero-order valence-corrected chi connectivity index (χ0v) is 15.9. The monoisotopic (exact) mass is 392 g/mol. The van der Waals surface area contributed by atoms with Crippen molar-refractivity contribution in [3.63, 3.8) is 0 Å². The molecule has 0 saturated heterocycles. The molecule has 2 aromatic carbocycles. The van der Waals surface area contributed by atoms with Crippen LogP contribution in [0.4, 0.5) is 5.69 Å². The number of non-ortho nitro benzene ring substituents is 1. The molecule has 0 spiro atoms. The molecule has 2 atom stereocenters. The van der Waals surface area contributed by atoms with Crippen molar-refractivity contribution in [3.8, 4) is 5.75 Å². The van der Waals surface area contributed by atoms with Gasteiger partial charge in [0.05, 0.1) is 12.0 Å². The third-order valence-corrected chi connectivity index (χ3v) is 5.63. The van der Waals surface area contributed by atoms with Crippen LogP contribution in [0.2, 0.25) is 0 Å². The molecule has 0 bridgehead atoms. The zero-order chi connectivity index (χ0) is 20.5. The van der Waals surface area contributed by atoms with E-state index in [0.29, 0.717) is 24.1 Å². The topological polar surface area (TPSA) is 98.5 Å². The molecule has 7 nitrogen and oxygen atoms in total. The number of amides is 1. The van der Waals surface area contributed by atoms with Crippen LogP contribution in [0.3, 0.4) is 0 Å². The summed E-state index contributed by atoms with van der Waals surface area (Å²) >= 11 is 0. The average molecular weight is 392 g/mol. The Bertz CT molecular complexity index is 1010. The number of nitro benzene ring substituents is 1. The second-order valence-corrected chi connectivity index (χ2v) is 7.35. The highest BCUT2D eigenvalue weighted by Gasteiger charge is 2.38. The lowest BCUT2D eigenvalue weighted by Gasteiger charge is -2.34. The fourth-order valence-corrected chi connectivity index (χ4v) is 4.19. The molecule has 1 amide bonds. The van der Waals surface area contributed by atoms with Gasteiger partial charge >= 0.3 is 0 Å². The van der Waals surface area contributed by atoms with Gasteiger partial charge in [0.15, 0.2) is 5.78 Å². The summed E-state index contributed by atoms with van der Waals surface area (Å²) in [5, 5.41) is 13.8. The summed E-state index contributed by atoms with van der Waals surface area (Å²) in [6, 6.07) is 13.7. The van der Waals surface area contributed by atoms with Gasteiger partial charge in [-0.15, -0.1) is 0 Å². The number of ether oxygens (including phenoxy) is 1. The summed E-state index contributed by atoms with van der Waals surface area (Å²) in [5.74, 6) is 0.234. The largest absolute Gasteiger partial charge is 0.497 e. The number of methoxy groups -OCH3 is 1. The minimum atomic E-state index is -0.465. The van der Waals surface area contributed by atoms with E-state index in [1.165, 1.54) is 12.1 Å². The van der Waals surface area contributed by atoms with E-state index < -0.39 is 4.92 Å². The molecule has 7 heteroatoms. The van der Waals surface area contributed by atoms with E-state index in [2.05, 4.69) is 5.32 Å². The number of benzene rings is 2. The summed E-state index contributed by atoms with van der Waals surface area (Å²) in [5.41, 5.74) is 3.05. The molecule has 0 unspecified atom stereocenters. The number of Topliss-reactive ketones (excluding diaryl/α,β-unsaturated/α-hetero) is 1. The van der Waals surface area contributed by atoms with Crippen molar-refractivity contribution in [2.24, 2.45) is 0 Å². The molecule has 1 N–H and O–H groups in total. The fourth-order valence-electron chi connectivity index (χ4n) is 4.19. The van der Waals surface area contributed by atoms with Crippen molar-refractivity contribution in [3.05, 3.63) is 81.0 Å². The van der Waals surface area contributed by atoms with E-state index in [0.717, 1.165) is 16.9 Å². The van der Waals surface area contributed by atoms with Crippen LogP contribution in [0.25, 0.3) is 0 Å². The third-order valence-electron chi connectivity index (χ3n) is 5.63. The highest BCUT2D eigenvalue weighted by atomic mass is 16.6. The van der Waals surface area contributed by atoms with Gasteiger partial charge in [-0.2, -0.15) is 0 Å². The minimum Gasteiger partial charge on any atom is -0.497 e. The molecule has 148 valence electrons. The number of nitrogens with zero attached hydrogens (tertiary/aromatic N) is 1. The van der Waals surface area contributed by atoms with Crippen LogP contribution in [0.1, 0.15) is 42.2 Å². The van der Waals surface area contributed by atoms with E-state index in [1.54, 1.807) is 19.2 Å². The number of allylic oxidation sites excluding steroid dienone is 2. The SMILES string of the molecule is COc1ccc([C@H]2CC(=O)C3=C(C2)NC(=O)C[C@@H]3c2ccc([N+](=O)[O-])cc2)cc1. The van der Waals surface area contributed by atoms with Crippen LogP contribution in [0.15, 0.2) is 59.8 Å². The van der Waals surface area contributed by atoms with Gasteiger partial charge in [-0.3, -0.25) is 19.7 Å². The van der Waals surface area contributed by atoms with Gasteiger partial charge in [-0.1, -0.05) is 24.3 Å². The summed E-state index contributed by atoms with van der Waals surface area (Å²) < 4.78 is 5.19. The van der Waals surface area contributed by atoms with E-state index in [9.17, 15) is 19.7 Å². The normalized spacial score (nSPS) is 21.4. The Balaban J connectivity index is 1.66. The number of hydrogen-bond acceptors (Lipinski definition) is 5. The first-order valence-electron chi connectivity index (χ1n) is 9.40. The number of carbonyl (C=O) groups excluding carboxylic acids is 2. The molecule has 4 rings (SSSR count). The molecule has 2 aromatic rings. The van der Waals surface area contributed by atoms with E-state index >= 15 is 0 Å². The predicted molar refractivity (Wildman–Crippen MR) is 106 cm³/mol. The van der Waals surface area contributed by atoms with Crippen LogP contribution in [-0.4, -0.2) is 23.7 Å². The van der Waals surface area contributed by atoms with Gasteiger partial charge in [-0.25, -0.2) is 0 Å². The van der Waals surface area contributed by atoms with Gasteiger partial charge in [0.25, 0.3) is 5.69 Å². The first-order chi connectivity index (χ1) is 14.0. The van der Waals surface area contributed by atoms with Gasteiger partial charge in [0, 0.05) is 42.2 Å². The summed E-state index contributed by atoms with van der Waals surface area (Å²) in [6.45, 7) is 0. The van der Waals surface area contributed by atoms with Gasteiger partial charge in [0.2, 0.25) is 5.91 Å². The van der Waals surface area contributed by atoms with Crippen LogP contribution in [-0.2, 0) is 9.59 Å².